The van der Waals surface area contributed by atoms with E-state index in [-0.39, 0.29) is 17.9 Å². The molecule has 2 N–H and O–H groups in total. The molecule has 0 aliphatic heterocycles. The molecule has 3 aromatic carbocycles. The fourth-order valence-electron chi connectivity index (χ4n) is 2.63. The molecule has 0 unspecified atom stereocenters. The molecule has 7 nitrogen and oxygen atoms in total. The van der Waals surface area contributed by atoms with Crippen molar-refractivity contribution in [3.05, 3.63) is 97.1 Å². The summed E-state index contributed by atoms with van der Waals surface area (Å²) in [5, 5.41) is 6.81. The normalized spacial score (nSPS) is 10.7. The van der Waals surface area contributed by atoms with E-state index in [2.05, 4.69) is 47.7 Å². The molecular formula is C23H15Br2ClFN3O4. The molecular weight excluding hydrogens is 597 g/mol. The van der Waals surface area contributed by atoms with Crippen LogP contribution in [-0.4, -0.2) is 30.5 Å². The van der Waals surface area contributed by atoms with Crippen molar-refractivity contribution in [2.45, 2.75) is 0 Å². The van der Waals surface area contributed by atoms with Crippen LogP contribution in [-0.2, 0) is 4.79 Å². The first-order chi connectivity index (χ1) is 16.2. The maximum atomic E-state index is 13.4. The first-order valence-electron chi connectivity index (χ1n) is 9.55. The van der Waals surface area contributed by atoms with E-state index in [1.165, 1.54) is 36.5 Å². The predicted octanol–water partition coefficient (Wildman–Crippen LogP) is 5.10. The van der Waals surface area contributed by atoms with Gasteiger partial charge in [0.2, 0.25) is 0 Å². The smallest absolute Gasteiger partial charge is 0.343 e. The van der Waals surface area contributed by atoms with Gasteiger partial charge in [-0.3, -0.25) is 9.59 Å². The van der Waals surface area contributed by atoms with Crippen molar-refractivity contribution in [3.63, 3.8) is 0 Å². The Morgan fingerprint density at radius 2 is 1.76 bits per heavy atom. The number of amides is 2. The van der Waals surface area contributed by atoms with E-state index in [4.69, 9.17) is 16.3 Å². The van der Waals surface area contributed by atoms with Gasteiger partial charge >= 0.3 is 5.97 Å². The average molecular weight is 612 g/mol. The highest BCUT2D eigenvalue weighted by atomic mass is 79.9. The van der Waals surface area contributed by atoms with E-state index in [0.29, 0.717) is 25.1 Å². The second-order valence-electron chi connectivity index (χ2n) is 6.69. The molecule has 0 fully saturated rings. The molecule has 0 bridgehead atoms. The molecule has 0 aliphatic carbocycles. The molecule has 174 valence electrons. The van der Waals surface area contributed by atoms with Gasteiger partial charge in [0.25, 0.3) is 11.8 Å². The lowest BCUT2D eigenvalue weighted by Crippen LogP contribution is -2.34. The Kier molecular flexibility index (Phi) is 8.91. The van der Waals surface area contributed by atoms with Crippen molar-refractivity contribution in [2.75, 3.05) is 6.54 Å². The van der Waals surface area contributed by atoms with Gasteiger partial charge in [-0.25, -0.2) is 14.6 Å². The molecule has 0 aromatic heterocycles. The number of carbonyl (C=O) groups excluding carboxylic acids is 3. The van der Waals surface area contributed by atoms with Gasteiger partial charge in [0.15, 0.2) is 5.75 Å². The SMILES string of the molecule is O=C(CNC(=O)c1ccc(Cl)cc1)N/N=C/c1cc(Br)cc(Br)c1OC(=O)c1cccc(F)c1. The number of hydrazone groups is 1. The zero-order valence-electron chi connectivity index (χ0n) is 17.2. The Labute approximate surface area is 215 Å². The van der Waals surface area contributed by atoms with Gasteiger partial charge in [-0.05, 0) is 70.5 Å². The molecule has 0 aliphatic rings. The van der Waals surface area contributed by atoms with Crippen molar-refractivity contribution in [2.24, 2.45) is 5.10 Å². The Morgan fingerprint density at radius 1 is 1.03 bits per heavy atom. The fraction of sp³-hybridized carbons (Fsp3) is 0.0435. The second kappa shape index (κ2) is 11.9. The Morgan fingerprint density at radius 3 is 2.47 bits per heavy atom. The highest BCUT2D eigenvalue weighted by Crippen LogP contribution is 2.32. The molecule has 0 atom stereocenters. The topological polar surface area (TPSA) is 96.9 Å². The van der Waals surface area contributed by atoms with Crippen LogP contribution in [0.25, 0.3) is 0 Å². The third kappa shape index (κ3) is 7.21. The van der Waals surface area contributed by atoms with Crippen molar-refractivity contribution in [1.82, 2.24) is 10.7 Å². The number of nitrogens with one attached hydrogen (secondary N) is 2. The summed E-state index contributed by atoms with van der Waals surface area (Å²) in [4.78, 5) is 36.5. The fourth-order valence-corrected chi connectivity index (χ4v) is 4.09. The van der Waals surface area contributed by atoms with Gasteiger partial charge in [-0.15, -0.1) is 0 Å². The highest BCUT2D eigenvalue weighted by molar-refractivity contribution is 9.11. The largest absolute Gasteiger partial charge is 0.421 e. The molecule has 0 saturated carbocycles. The summed E-state index contributed by atoms with van der Waals surface area (Å²) in [5.74, 6) is -2.25. The van der Waals surface area contributed by atoms with E-state index in [0.717, 1.165) is 6.07 Å². The number of hydrogen-bond donors (Lipinski definition) is 2. The van der Waals surface area contributed by atoms with Crippen LogP contribution in [0.5, 0.6) is 5.75 Å². The van der Waals surface area contributed by atoms with Crippen LogP contribution in [0, 0.1) is 5.82 Å². The molecule has 2 amide bonds. The summed E-state index contributed by atoms with van der Waals surface area (Å²) < 4.78 is 19.9. The summed E-state index contributed by atoms with van der Waals surface area (Å²) in [5.41, 5.74) is 3.01. The second-order valence-corrected chi connectivity index (χ2v) is 8.90. The molecule has 0 spiro atoms. The van der Waals surface area contributed by atoms with Crippen LogP contribution in [0.3, 0.4) is 0 Å². The van der Waals surface area contributed by atoms with E-state index in [1.807, 2.05) is 0 Å². The lowest BCUT2D eigenvalue weighted by Gasteiger charge is -2.10. The summed E-state index contributed by atoms with van der Waals surface area (Å²) >= 11 is 12.4. The quantitative estimate of drug-likeness (QED) is 0.168. The monoisotopic (exact) mass is 609 g/mol. The number of ether oxygens (including phenoxy) is 1. The number of hydrogen-bond acceptors (Lipinski definition) is 5. The maximum absolute atomic E-state index is 13.4. The van der Waals surface area contributed by atoms with Crippen LogP contribution in [0.4, 0.5) is 4.39 Å². The van der Waals surface area contributed by atoms with E-state index in [1.54, 1.807) is 24.3 Å². The number of esters is 1. The molecule has 3 rings (SSSR count). The Bertz CT molecular complexity index is 1270. The highest BCUT2D eigenvalue weighted by Gasteiger charge is 2.16. The maximum Gasteiger partial charge on any atom is 0.343 e. The number of carbonyl (C=O) groups is 3. The summed E-state index contributed by atoms with van der Waals surface area (Å²) in [6, 6.07) is 14.5. The van der Waals surface area contributed by atoms with Crippen molar-refractivity contribution >= 4 is 67.5 Å². The Hall–Kier alpha value is -3.08. The van der Waals surface area contributed by atoms with Gasteiger partial charge < -0.3 is 10.1 Å². The minimum Gasteiger partial charge on any atom is -0.421 e. The van der Waals surface area contributed by atoms with Crippen molar-refractivity contribution in [1.29, 1.82) is 0 Å². The van der Waals surface area contributed by atoms with E-state index >= 15 is 0 Å². The number of nitrogens with zero attached hydrogens (tertiary/aromatic N) is 1. The van der Waals surface area contributed by atoms with Gasteiger partial charge in [-0.2, -0.15) is 5.10 Å². The van der Waals surface area contributed by atoms with Crippen molar-refractivity contribution < 1.29 is 23.5 Å². The third-order valence-corrected chi connectivity index (χ3v) is 5.50. The lowest BCUT2D eigenvalue weighted by atomic mass is 10.2. The molecule has 0 radical (unpaired) electrons. The van der Waals surface area contributed by atoms with E-state index < -0.39 is 23.6 Å². The van der Waals surface area contributed by atoms with Crippen LogP contribution in [0.1, 0.15) is 26.3 Å². The minimum atomic E-state index is -0.772. The van der Waals surface area contributed by atoms with Gasteiger partial charge in [0.05, 0.1) is 22.8 Å². The number of rotatable bonds is 7. The van der Waals surface area contributed by atoms with Crippen LogP contribution < -0.4 is 15.5 Å². The standard InChI is InChI=1S/C23H15Br2ClFN3O4/c24-16-8-15(21(19(25)10-16)34-23(33)14-2-1-3-18(27)9-14)11-29-30-20(31)12-28-22(32)13-4-6-17(26)7-5-13/h1-11H,12H2,(H,28,32)(H,30,31)/b29-11+. The Balaban J connectivity index is 1.64. The zero-order valence-corrected chi connectivity index (χ0v) is 21.1. The van der Waals surface area contributed by atoms with E-state index in [9.17, 15) is 18.8 Å². The van der Waals surface area contributed by atoms with Crippen molar-refractivity contribution in [3.8, 4) is 5.75 Å². The first-order valence-corrected chi connectivity index (χ1v) is 11.5. The third-order valence-electron chi connectivity index (χ3n) is 4.20. The number of benzene rings is 3. The average Bonchev–Trinajstić information content (AvgIpc) is 2.80. The molecule has 34 heavy (non-hydrogen) atoms. The summed E-state index contributed by atoms with van der Waals surface area (Å²) in [7, 11) is 0. The lowest BCUT2D eigenvalue weighted by molar-refractivity contribution is -0.120. The first kappa shape index (κ1) is 25.5. The minimum absolute atomic E-state index is 0.0300. The molecule has 0 saturated heterocycles. The van der Waals surface area contributed by atoms with Gasteiger partial charge in [0.1, 0.15) is 5.82 Å². The van der Waals surface area contributed by atoms with Crippen LogP contribution >= 0.6 is 43.5 Å². The molecule has 3 aromatic rings. The number of halogens is 4. The van der Waals surface area contributed by atoms with Crippen LogP contribution in [0.2, 0.25) is 5.02 Å². The van der Waals surface area contributed by atoms with Crippen LogP contribution in [0.15, 0.2) is 74.7 Å². The summed E-state index contributed by atoms with van der Waals surface area (Å²) in [6.07, 6.45) is 1.27. The summed E-state index contributed by atoms with van der Waals surface area (Å²) in [6.45, 7) is -0.317. The van der Waals surface area contributed by atoms with Gasteiger partial charge in [-0.1, -0.05) is 33.6 Å². The molecule has 0 heterocycles. The van der Waals surface area contributed by atoms with Gasteiger partial charge in [0, 0.05) is 20.6 Å². The zero-order chi connectivity index (χ0) is 24.7. The predicted molar refractivity (Wildman–Crippen MR) is 133 cm³/mol. The molecule has 11 heteroatoms.